The van der Waals surface area contributed by atoms with Crippen molar-refractivity contribution in [1.29, 1.82) is 0 Å². The van der Waals surface area contributed by atoms with Crippen LogP contribution in [0.1, 0.15) is 38.5 Å². The molecule has 0 saturated carbocycles. The molecule has 1 heterocycles. The molecule has 4 heteroatoms. The molecule has 1 aliphatic heterocycles. The SMILES string of the molecule is O=CCCC(=O)NN1CCCCCC1. The molecule has 0 aromatic heterocycles. The average molecular weight is 198 g/mol. The van der Waals surface area contributed by atoms with Crippen LogP contribution in [-0.4, -0.2) is 30.3 Å². The molecule has 0 aromatic rings. The molecule has 1 fully saturated rings. The standard InChI is InChI=1S/C10H18N2O2/c13-9-5-6-10(14)11-12-7-3-1-2-4-8-12/h9H,1-8H2,(H,11,14). The lowest BCUT2D eigenvalue weighted by Crippen LogP contribution is -2.42. The van der Waals surface area contributed by atoms with Crippen molar-refractivity contribution in [3.05, 3.63) is 0 Å². The molecule has 0 bridgehead atoms. The Hall–Kier alpha value is -0.900. The summed E-state index contributed by atoms with van der Waals surface area (Å²) >= 11 is 0. The second-order valence-corrected chi connectivity index (χ2v) is 3.64. The first kappa shape index (κ1) is 11.2. The number of hydrazine groups is 1. The Morgan fingerprint density at radius 3 is 2.43 bits per heavy atom. The van der Waals surface area contributed by atoms with Gasteiger partial charge in [-0.3, -0.25) is 10.2 Å². The van der Waals surface area contributed by atoms with Gasteiger partial charge >= 0.3 is 0 Å². The minimum atomic E-state index is -0.0426. The molecule has 0 atom stereocenters. The van der Waals surface area contributed by atoms with Crippen LogP contribution in [0.5, 0.6) is 0 Å². The molecule has 0 aliphatic carbocycles. The molecule has 1 saturated heterocycles. The maximum Gasteiger partial charge on any atom is 0.234 e. The highest BCUT2D eigenvalue weighted by Gasteiger charge is 2.10. The van der Waals surface area contributed by atoms with Crippen molar-refractivity contribution in [3.8, 4) is 0 Å². The van der Waals surface area contributed by atoms with Crippen molar-refractivity contribution in [1.82, 2.24) is 10.4 Å². The third kappa shape index (κ3) is 4.37. The number of aldehydes is 1. The van der Waals surface area contributed by atoms with Gasteiger partial charge in [-0.15, -0.1) is 0 Å². The summed E-state index contributed by atoms with van der Waals surface area (Å²) in [5, 5.41) is 1.97. The first-order chi connectivity index (χ1) is 6.83. The number of carbonyl (C=O) groups is 2. The summed E-state index contributed by atoms with van der Waals surface area (Å²) in [7, 11) is 0. The van der Waals surface area contributed by atoms with E-state index < -0.39 is 0 Å². The van der Waals surface area contributed by atoms with E-state index in [1.165, 1.54) is 12.8 Å². The number of nitrogens with zero attached hydrogens (tertiary/aromatic N) is 1. The van der Waals surface area contributed by atoms with Crippen LogP contribution in [0.3, 0.4) is 0 Å². The van der Waals surface area contributed by atoms with Crippen LogP contribution in [-0.2, 0) is 9.59 Å². The van der Waals surface area contributed by atoms with Crippen molar-refractivity contribution in [2.75, 3.05) is 13.1 Å². The van der Waals surface area contributed by atoms with Crippen molar-refractivity contribution in [2.24, 2.45) is 0 Å². The minimum Gasteiger partial charge on any atom is -0.303 e. The van der Waals surface area contributed by atoms with Gasteiger partial charge in [0.2, 0.25) is 5.91 Å². The molecule has 0 spiro atoms. The molecule has 1 amide bonds. The van der Waals surface area contributed by atoms with Crippen LogP contribution in [0, 0.1) is 0 Å². The first-order valence-electron chi connectivity index (χ1n) is 5.31. The Bertz CT molecular complexity index is 187. The highest BCUT2D eigenvalue weighted by Crippen LogP contribution is 2.07. The lowest BCUT2D eigenvalue weighted by molar-refractivity contribution is -0.127. The Morgan fingerprint density at radius 1 is 1.21 bits per heavy atom. The van der Waals surface area contributed by atoms with Crippen molar-refractivity contribution < 1.29 is 9.59 Å². The topological polar surface area (TPSA) is 49.4 Å². The zero-order valence-corrected chi connectivity index (χ0v) is 8.50. The fourth-order valence-corrected chi connectivity index (χ4v) is 1.60. The zero-order valence-electron chi connectivity index (χ0n) is 8.50. The molecule has 1 aliphatic rings. The van der Waals surface area contributed by atoms with Gasteiger partial charge in [-0.2, -0.15) is 0 Å². The maximum atomic E-state index is 11.3. The van der Waals surface area contributed by atoms with Crippen LogP contribution >= 0.6 is 0 Å². The monoisotopic (exact) mass is 198 g/mol. The van der Waals surface area contributed by atoms with Gasteiger partial charge in [0.1, 0.15) is 6.29 Å². The third-order valence-electron chi connectivity index (χ3n) is 2.38. The summed E-state index contributed by atoms with van der Waals surface area (Å²) in [5.74, 6) is -0.0426. The van der Waals surface area contributed by atoms with E-state index in [9.17, 15) is 9.59 Å². The van der Waals surface area contributed by atoms with E-state index in [0.29, 0.717) is 12.8 Å². The first-order valence-corrected chi connectivity index (χ1v) is 5.31. The van der Waals surface area contributed by atoms with E-state index >= 15 is 0 Å². The molecule has 4 nitrogen and oxygen atoms in total. The van der Waals surface area contributed by atoms with Gasteiger partial charge in [0, 0.05) is 25.9 Å². The van der Waals surface area contributed by atoms with E-state index in [0.717, 1.165) is 32.2 Å². The lowest BCUT2D eigenvalue weighted by atomic mass is 10.2. The number of hydrogen-bond acceptors (Lipinski definition) is 3. The second kappa shape index (κ2) is 6.54. The Kier molecular flexibility index (Phi) is 5.22. The van der Waals surface area contributed by atoms with Crippen LogP contribution in [0.25, 0.3) is 0 Å². The van der Waals surface area contributed by atoms with E-state index in [2.05, 4.69) is 5.43 Å². The molecule has 0 unspecified atom stereocenters. The summed E-state index contributed by atoms with van der Waals surface area (Å²) in [5.41, 5.74) is 2.83. The highest BCUT2D eigenvalue weighted by molar-refractivity contribution is 5.77. The van der Waals surface area contributed by atoms with Crippen molar-refractivity contribution in [3.63, 3.8) is 0 Å². The lowest BCUT2D eigenvalue weighted by Gasteiger charge is -2.20. The predicted octanol–water partition coefficient (Wildman–Crippen LogP) is 0.873. The Labute approximate surface area is 84.6 Å². The highest BCUT2D eigenvalue weighted by atomic mass is 16.2. The molecule has 80 valence electrons. The number of hydrogen-bond donors (Lipinski definition) is 1. The molecule has 0 radical (unpaired) electrons. The summed E-state index contributed by atoms with van der Waals surface area (Å²) in [4.78, 5) is 21.3. The summed E-state index contributed by atoms with van der Waals surface area (Å²) in [6.45, 7) is 1.87. The fourth-order valence-electron chi connectivity index (χ4n) is 1.60. The summed E-state index contributed by atoms with van der Waals surface area (Å²) < 4.78 is 0. The minimum absolute atomic E-state index is 0.0426. The number of rotatable bonds is 4. The number of carbonyl (C=O) groups excluding carboxylic acids is 2. The van der Waals surface area contributed by atoms with E-state index in [1.807, 2.05) is 5.01 Å². The van der Waals surface area contributed by atoms with Crippen LogP contribution in [0.2, 0.25) is 0 Å². The normalized spacial score (nSPS) is 18.6. The van der Waals surface area contributed by atoms with Gasteiger partial charge in [-0.1, -0.05) is 12.8 Å². The molecular formula is C10H18N2O2. The second-order valence-electron chi connectivity index (χ2n) is 3.64. The van der Waals surface area contributed by atoms with Gasteiger partial charge in [0.25, 0.3) is 0 Å². The summed E-state index contributed by atoms with van der Waals surface area (Å²) in [6.07, 6.45) is 6.20. The zero-order chi connectivity index (χ0) is 10.2. The maximum absolute atomic E-state index is 11.3. The quantitative estimate of drug-likeness (QED) is 0.682. The molecule has 1 N–H and O–H groups in total. The Morgan fingerprint density at radius 2 is 1.86 bits per heavy atom. The largest absolute Gasteiger partial charge is 0.303 e. The van der Waals surface area contributed by atoms with E-state index in [4.69, 9.17) is 0 Å². The molecule has 14 heavy (non-hydrogen) atoms. The van der Waals surface area contributed by atoms with Gasteiger partial charge in [0.05, 0.1) is 0 Å². The van der Waals surface area contributed by atoms with Crippen molar-refractivity contribution >= 4 is 12.2 Å². The summed E-state index contributed by atoms with van der Waals surface area (Å²) in [6, 6.07) is 0. The fraction of sp³-hybridized carbons (Fsp3) is 0.800. The van der Waals surface area contributed by atoms with Gasteiger partial charge in [-0.05, 0) is 12.8 Å². The third-order valence-corrected chi connectivity index (χ3v) is 2.38. The van der Waals surface area contributed by atoms with Gasteiger partial charge < -0.3 is 4.79 Å². The predicted molar refractivity (Wildman–Crippen MR) is 53.5 cm³/mol. The van der Waals surface area contributed by atoms with Crippen LogP contribution < -0.4 is 5.43 Å². The van der Waals surface area contributed by atoms with Crippen LogP contribution in [0.4, 0.5) is 0 Å². The molecular weight excluding hydrogens is 180 g/mol. The Balaban J connectivity index is 2.20. The molecule has 0 aromatic carbocycles. The number of nitrogens with one attached hydrogen (secondary N) is 1. The van der Waals surface area contributed by atoms with Gasteiger partial charge in [-0.25, -0.2) is 5.01 Å². The molecule has 1 rings (SSSR count). The average Bonchev–Trinajstić information content (AvgIpc) is 2.43. The van der Waals surface area contributed by atoms with Gasteiger partial charge in [0.15, 0.2) is 0 Å². The smallest absolute Gasteiger partial charge is 0.234 e. The number of amides is 1. The van der Waals surface area contributed by atoms with Crippen LogP contribution in [0.15, 0.2) is 0 Å². The van der Waals surface area contributed by atoms with E-state index in [-0.39, 0.29) is 5.91 Å². The van der Waals surface area contributed by atoms with E-state index in [1.54, 1.807) is 0 Å². The van der Waals surface area contributed by atoms with Crippen molar-refractivity contribution in [2.45, 2.75) is 38.5 Å².